The third-order valence-electron chi connectivity index (χ3n) is 5.78. The number of nitrogens with one attached hydrogen (secondary N) is 2. The van der Waals surface area contributed by atoms with Crippen molar-refractivity contribution < 1.29 is 13.6 Å². The van der Waals surface area contributed by atoms with E-state index < -0.39 is 12.5 Å². The molecule has 2 saturated carbocycles. The minimum Gasteiger partial charge on any atom is -0.349 e. The van der Waals surface area contributed by atoms with Crippen molar-refractivity contribution in [3.8, 4) is 0 Å². The Bertz CT molecular complexity index is 847. The highest BCUT2D eigenvalue weighted by atomic mass is 19.3. The minimum absolute atomic E-state index is 0.0680. The monoisotopic (exact) mass is 388 g/mol. The molecule has 28 heavy (non-hydrogen) atoms. The number of nitrogens with zero attached hydrogens (tertiary/aromatic N) is 2. The average molecular weight is 388 g/mol. The van der Waals surface area contributed by atoms with E-state index in [0.29, 0.717) is 11.5 Å². The third kappa shape index (κ3) is 4.46. The first-order chi connectivity index (χ1) is 13.5. The van der Waals surface area contributed by atoms with Crippen molar-refractivity contribution in [2.45, 2.75) is 75.9 Å². The number of rotatable bonds is 6. The molecule has 2 aromatic heterocycles. The van der Waals surface area contributed by atoms with E-state index in [1.54, 1.807) is 12.4 Å². The minimum atomic E-state index is -2.35. The highest BCUT2D eigenvalue weighted by Crippen LogP contribution is 2.39. The molecule has 7 heteroatoms. The van der Waals surface area contributed by atoms with Gasteiger partial charge in [0.2, 0.25) is 0 Å². The highest BCUT2D eigenvalue weighted by molar-refractivity contribution is 5.97. The first-order valence-corrected chi connectivity index (χ1v) is 10.1. The molecule has 0 aliphatic heterocycles. The van der Waals surface area contributed by atoms with Gasteiger partial charge in [0.05, 0.1) is 17.1 Å². The molecular weight excluding hydrogens is 362 g/mol. The third-order valence-corrected chi connectivity index (χ3v) is 5.78. The summed E-state index contributed by atoms with van der Waals surface area (Å²) in [6.07, 6.45) is 6.58. The molecule has 1 amide bonds. The maximum Gasteiger partial charge on any atom is 0.253 e. The van der Waals surface area contributed by atoms with Crippen molar-refractivity contribution in [2.24, 2.45) is 0 Å². The second-order valence-electron chi connectivity index (χ2n) is 8.11. The van der Waals surface area contributed by atoms with Crippen LogP contribution in [0, 0.1) is 0 Å². The molecular formula is C21H26F2N4O. The maximum atomic E-state index is 12.7. The van der Waals surface area contributed by atoms with Crippen LogP contribution in [0.25, 0.3) is 10.9 Å². The number of aromatic nitrogens is 2. The Kier molecular flexibility index (Phi) is 5.53. The van der Waals surface area contributed by atoms with Gasteiger partial charge in [0.1, 0.15) is 0 Å². The fourth-order valence-electron chi connectivity index (χ4n) is 3.88. The Labute approximate surface area is 163 Å². The largest absolute Gasteiger partial charge is 0.349 e. The number of amides is 1. The number of pyridine rings is 2. The van der Waals surface area contributed by atoms with Gasteiger partial charge in [-0.25, -0.2) is 8.78 Å². The van der Waals surface area contributed by atoms with Crippen LogP contribution in [0.4, 0.5) is 8.78 Å². The molecule has 2 aliphatic rings. The normalized spacial score (nSPS) is 23.7. The lowest BCUT2D eigenvalue weighted by Gasteiger charge is -2.31. The van der Waals surface area contributed by atoms with E-state index in [-0.39, 0.29) is 18.0 Å². The molecule has 1 unspecified atom stereocenters. The van der Waals surface area contributed by atoms with Gasteiger partial charge in [-0.2, -0.15) is 0 Å². The van der Waals surface area contributed by atoms with Gasteiger partial charge < -0.3 is 10.6 Å². The Balaban J connectivity index is 1.33. The fourth-order valence-corrected chi connectivity index (χ4v) is 3.88. The van der Waals surface area contributed by atoms with Crippen molar-refractivity contribution >= 4 is 16.8 Å². The molecule has 0 radical (unpaired) electrons. The van der Waals surface area contributed by atoms with E-state index in [2.05, 4.69) is 20.6 Å². The van der Waals surface area contributed by atoms with Crippen molar-refractivity contribution in [1.82, 2.24) is 20.6 Å². The molecule has 5 nitrogen and oxygen atoms in total. The second-order valence-corrected chi connectivity index (χ2v) is 8.11. The number of carbonyl (C=O) groups excluding carboxylic acids is 1. The summed E-state index contributed by atoms with van der Waals surface area (Å²) in [4.78, 5) is 21.5. The Hall–Kier alpha value is -2.15. The average Bonchev–Trinajstić information content (AvgIpc) is 3.54. The molecule has 0 spiro atoms. The van der Waals surface area contributed by atoms with Crippen molar-refractivity contribution in [1.29, 1.82) is 0 Å². The fraction of sp³-hybridized carbons (Fsp3) is 0.571. The Morgan fingerprint density at radius 2 is 1.75 bits per heavy atom. The number of alkyl halides is 2. The van der Waals surface area contributed by atoms with Gasteiger partial charge >= 0.3 is 0 Å². The van der Waals surface area contributed by atoms with Crippen LogP contribution in [-0.2, 0) is 0 Å². The van der Waals surface area contributed by atoms with Gasteiger partial charge in [-0.15, -0.1) is 0 Å². The lowest BCUT2D eigenvalue weighted by atomic mass is 9.90. The number of fused-ring (bicyclic) bond motifs is 1. The van der Waals surface area contributed by atoms with Crippen molar-refractivity contribution in [2.75, 3.05) is 0 Å². The van der Waals surface area contributed by atoms with Crippen LogP contribution in [0.3, 0.4) is 0 Å². The van der Waals surface area contributed by atoms with Crippen molar-refractivity contribution in [3.05, 3.63) is 35.8 Å². The maximum absolute atomic E-state index is 12.7. The van der Waals surface area contributed by atoms with E-state index in [1.165, 1.54) is 19.8 Å². The molecule has 2 aliphatic carbocycles. The van der Waals surface area contributed by atoms with Crippen LogP contribution in [0.15, 0.2) is 24.5 Å². The second kappa shape index (κ2) is 8.07. The Morgan fingerprint density at radius 1 is 1.04 bits per heavy atom. The van der Waals surface area contributed by atoms with Gasteiger partial charge in [0, 0.05) is 41.5 Å². The summed E-state index contributed by atoms with van der Waals surface area (Å²) < 4.78 is 25.3. The molecule has 0 bridgehead atoms. The predicted molar refractivity (Wildman–Crippen MR) is 104 cm³/mol. The van der Waals surface area contributed by atoms with Gasteiger partial charge in [0.25, 0.3) is 12.3 Å². The summed E-state index contributed by atoms with van der Waals surface area (Å²) in [5.41, 5.74) is 2.48. The molecule has 2 heterocycles. The number of hydrogen-bond acceptors (Lipinski definition) is 4. The number of halogens is 2. The van der Waals surface area contributed by atoms with Crippen LogP contribution in [0.1, 0.15) is 67.4 Å². The van der Waals surface area contributed by atoms with Crippen LogP contribution in [-0.4, -0.2) is 40.4 Å². The molecule has 150 valence electrons. The zero-order chi connectivity index (χ0) is 19.7. The summed E-state index contributed by atoms with van der Waals surface area (Å²) in [5.74, 6) is 0.431. The molecule has 1 atom stereocenters. The first-order valence-electron chi connectivity index (χ1n) is 10.1. The van der Waals surface area contributed by atoms with Crippen LogP contribution in [0.2, 0.25) is 0 Å². The quantitative estimate of drug-likeness (QED) is 0.790. The van der Waals surface area contributed by atoms with Crippen LogP contribution >= 0.6 is 0 Å². The standard InChI is InChI=1S/C21H26F2N4O/c1-12(20(22)23)26-16-4-6-17(7-5-16)27-21(28)15-8-14-10-24-18(13-2-3-13)9-19(14)25-11-15/h8-13,16-17,20,26H,2-7H2,1H3,(H,27,28)/t12?,16-,17-. The summed E-state index contributed by atoms with van der Waals surface area (Å²) in [6, 6.07) is 3.21. The van der Waals surface area contributed by atoms with Gasteiger partial charge in [-0.05, 0) is 57.6 Å². The number of carbonyl (C=O) groups is 1. The van der Waals surface area contributed by atoms with Gasteiger partial charge in [-0.3, -0.25) is 14.8 Å². The van der Waals surface area contributed by atoms with E-state index in [1.807, 2.05) is 12.1 Å². The van der Waals surface area contributed by atoms with E-state index in [0.717, 1.165) is 42.3 Å². The molecule has 0 saturated heterocycles. The first kappa shape index (κ1) is 19.2. The molecule has 2 aromatic rings. The zero-order valence-corrected chi connectivity index (χ0v) is 16.0. The topological polar surface area (TPSA) is 66.9 Å². The summed E-state index contributed by atoms with van der Waals surface area (Å²) >= 11 is 0. The Morgan fingerprint density at radius 3 is 2.43 bits per heavy atom. The molecule has 0 aromatic carbocycles. The molecule has 2 N–H and O–H groups in total. The van der Waals surface area contributed by atoms with Crippen LogP contribution < -0.4 is 10.6 Å². The van der Waals surface area contributed by atoms with E-state index in [9.17, 15) is 13.6 Å². The summed E-state index contributed by atoms with van der Waals surface area (Å²) in [7, 11) is 0. The van der Waals surface area contributed by atoms with Crippen molar-refractivity contribution in [3.63, 3.8) is 0 Å². The lowest BCUT2D eigenvalue weighted by molar-refractivity contribution is 0.0894. The van der Waals surface area contributed by atoms with Gasteiger partial charge in [0.15, 0.2) is 0 Å². The SMILES string of the molecule is CC(N[C@H]1CC[C@H](NC(=O)c2cnc3cc(C4CC4)ncc3c2)CC1)C(F)F. The number of hydrogen-bond donors (Lipinski definition) is 2. The van der Waals surface area contributed by atoms with E-state index in [4.69, 9.17) is 0 Å². The molecule has 4 rings (SSSR count). The zero-order valence-electron chi connectivity index (χ0n) is 16.0. The lowest BCUT2D eigenvalue weighted by Crippen LogP contribution is -2.46. The van der Waals surface area contributed by atoms with E-state index >= 15 is 0 Å². The summed E-state index contributed by atoms with van der Waals surface area (Å²) in [5, 5.41) is 6.91. The molecule has 2 fully saturated rings. The smallest absolute Gasteiger partial charge is 0.253 e. The van der Waals surface area contributed by atoms with Crippen LogP contribution in [0.5, 0.6) is 0 Å². The highest BCUT2D eigenvalue weighted by Gasteiger charge is 2.27. The van der Waals surface area contributed by atoms with Gasteiger partial charge in [-0.1, -0.05) is 0 Å². The predicted octanol–water partition coefficient (Wildman–Crippen LogP) is 3.79. The summed E-state index contributed by atoms with van der Waals surface area (Å²) in [6.45, 7) is 1.51.